The highest BCUT2D eigenvalue weighted by Crippen LogP contribution is 2.21. The van der Waals surface area contributed by atoms with Crippen molar-refractivity contribution in [1.29, 1.82) is 0 Å². The Balaban J connectivity index is 2.32. The Morgan fingerprint density at radius 3 is 1.31 bits per heavy atom. The highest BCUT2D eigenvalue weighted by Gasteiger charge is 2.05. The molecule has 0 radical (unpaired) electrons. The second-order valence-electron chi connectivity index (χ2n) is 3.34. The SMILES string of the molecule is O=[PH](c1ccc(Br)cc1)c1ccc(Br)cc1. The average Bonchev–Trinajstić information content (AvgIpc) is 2.30. The summed E-state index contributed by atoms with van der Waals surface area (Å²) in [7, 11) is -1.87. The largest absolute Gasteiger partial charge is 0.317 e. The minimum atomic E-state index is -1.87. The van der Waals surface area contributed by atoms with E-state index in [1.165, 1.54) is 0 Å². The van der Waals surface area contributed by atoms with E-state index >= 15 is 0 Å². The minimum Gasteiger partial charge on any atom is -0.317 e. The van der Waals surface area contributed by atoms with Crippen LogP contribution in [0.5, 0.6) is 0 Å². The van der Waals surface area contributed by atoms with E-state index in [2.05, 4.69) is 31.9 Å². The van der Waals surface area contributed by atoms with E-state index in [9.17, 15) is 4.57 Å². The van der Waals surface area contributed by atoms with Crippen LogP contribution in [0.25, 0.3) is 0 Å². The van der Waals surface area contributed by atoms with Gasteiger partial charge in [0, 0.05) is 19.6 Å². The van der Waals surface area contributed by atoms with Crippen molar-refractivity contribution in [3.8, 4) is 0 Å². The molecule has 0 heterocycles. The van der Waals surface area contributed by atoms with Gasteiger partial charge in [0.15, 0.2) is 0 Å². The molecule has 82 valence electrons. The summed E-state index contributed by atoms with van der Waals surface area (Å²) in [5, 5.41) is 1.77. The molecule has 0 amide bonds. The second-order valence-corrected chi connectivity index (χ2v) is 6.99. The van der Waals surface area contributed by atoms with Crippen molar-refractivity contribution >= 4 is 50.3 Å². The van der Waals surface area contributed by atoms with Gasteiger partial charge in [-0.05, 0) is 24.3 Å². The van der Waals surface area contributed by atoms with Crippen molar-refractivity contribution in [1.82, 2.24) is 0 Å². The maximum absolute atomic E-state index is 12.2. The van der Waals surface area contributed by atoms with E-state index in [1.54, 1.807) is 0 Å². The van der Waals surface area contributed by atoms with Gasteiger partial charge in [-0.2, -0.15) is 0 Å². The normalized spacial score (nSPS) is 10.7. The van der Waals surface area contributed by atoms with Crippen molar-refractivity contribution in [3.63, 3.8) is 0 Å². The predicted octanol–water partition coefficient (Wildman–Crippen LogP) is 3.72. The molecule has 2 aromatic rings. The number of hydrogen-bond acceptors (Lipinski definition) is 1. The maximum atomic E-state index is 12.2. The highest BCUT2D eigenvalue weighted by atomic mass is 79.9. The van der Waals surface area contributed by atoms with Crippen LogP contribution in [0.3, 0.4) is 0 Å². The lowest BCUT2D eigenvalue weighted by molar-refractivity contribution is 0.598. The van der Waals surface area contributed by atoms with Crippen molar-refractivity contribution in [2.75, 3.05) is 0 Å². The molecule has 0 unspecified atom stereocenters. The molecule has 0 saturated carbocycles. The lowest BCUT2D eigenvalue weighted by Crippen LogP contribution is -2.05. The number of hydrogen-bond donors (Lipinski definition) is 0. The molecule has 0 N–H and O–H groups in total. The quantitative estimate of drug-likeness (QED) is 0.747. The van der Waals surface area contributed by atoms with Crippen LogP contribution in [0.1, 0.15) is 0 Å². The van der Waals surface area contributed by atoms with Gasteiger partial charge in [-0.15, -0.1) is 0 Å². The molecule has 0 atom stereocenters. The topological polar surface area (TPSA) is 17.1 Å². The zero-order valence-electron chi connectivity index (χ0n) is 8.28. The van der Waals surface area contributed by atoms with Gasteiger partial charge in [0.25, 0.3) is 0 Å². The van der Waals surface area contributed by atoms with Crippen LogP contribution >= 0.6 is 39.7 Å². The number of rotatable bonds is 2. The zero-order valence-corrected chi connectivity index (χ0v) is 12.5. The van der Waals surface area contributed by atoms with Gasteiger partial charge in [0.2, 0.25) is 0 Å². The Bertz CT molecular complexity index is 458. The van der Waals surface area contributed by atoms with Crippen molar-refractivity contribution in [2.45, 2.75) is 0 Å². The molecule has 0 saturated heterocycles. The summed E-state index contributed by atoms with van der Waals surface area (Å²) in [4.78, 5) is 0. The van der Waals surface area contributed by atoms with E-state index in [4.69, 9.17) is 0 Å². The number of halogens is 2. The summed E-state index contributed by atoms with van der Waals surface area (Å²) in [6, 6.07) is 15.2. The minimum absolute atomic E-state index is 0.885. The molecule has 0 bridgehead atoms. The Labute approximate surface area is 112 Å². The van der Waals surface area contributed by atoms with Crippen LogP contribution in [0, 0.1) is 0 Å². The first-order chi connectivity index (χ1) is 7.66. The van der Waals surface area contributed by atoms with Gasteiger partial charge in [-0.25, -0.2) is 0 Å². The summed E-state index contributed by atoms with van der Waals surface area (Å²) in [5.41, 5.74) is 0. The fourth-order valence-electron chi connectivity index (χ4n) is 1.37. The monoisotopic (exact) mass is 358 g/mol. The van der Waals surface area contributed by atoms with Gasteiger partial charge in [-0.1, -0.05) is 56.1 Å². The third kappa shape index (κ3) is 2.85. The Hall–Kier alpha value is -0.370. The van der Waals surface area contributed by atoms with E-state index < -0.39 is 7.80 Å². The van der Waals surface area contributed by atoms with Crippen molar-refractivity contribution in [2.24, 2.45) is 0 Å². The molecular weight excluding hydrogens is 351 g/mol. The highest BCUT2D eigenvalue weighted by molar-refractivity contribution is 9.10. The van der Waals surface area contributed by atoms with Gasteiger partial charge >= 0.3 is 0 Å². The summed E-state index contributed by atoms with van der Waals surface area (Å²) < 4.78 is 14.2. The molecule has 0 aromatic heterocycles. The molecule has 0 spiro atoms. The smallest absolute Gasteiger partial charge is 0.131 e. The van der Waals surface area contributed by atoms with Crippen LogP contribution in [0.4, 0.5) is 0 Å². The van der Waals surface area contributed by atoms with Crippen LogP contribution in [-0.2, 0) is 4.57 Å². The van der Waals surface area contributed by atoms with Crippen LogP contribution in [0.15, 0.2) is 57.5 Å². The first-order valence-electron chi connectivity index (χ1n) is 4.72. The fraction of sp³-hybridized carbons (Fsp3) is 0. The lowest BCUT2D eigenvalue weighted by Gasteiger charge is -2.03. The molecular formula is C12H9Br2OP. The average molecular weight is 360 g/mol. The molecule has 2 rings (SSSR count). The van der Waals surface area contributed by atoms with Gasteiger partial charge < -0.3 is 4.57 Å². The van der Waals surface area contributed by atoms with Crippen LogP contribution in [0.2, 0.25) is 0 Å². The summed E-state index contributed by atoms with van der Waals surface area (Å²) >= 11 is 6.73. The fourth-order valence-corrected chi connectivity index (χ4v) is 3.17. The third-order valence-electron chi connectivity index (χ3n) is 2.21. The Morgan fingerprint density at radius 1 is 0.688 bits per heavy atom. The Kier molecular flexibility index (Phi) is 4.01. The molecule has 16 heavy (non-hydrogen) atoms. The maximum Gasteiger partial charge on any atom is 0.131 e. The lowest BCUT2D eigenvalue weighted by atomic mass is 10.4. The van der Waals surface area contributed by atoms with Crippen molar-refractivity contribution in [3.05, 3.63) is 57.5 Å². The molecule has 0 aliphatic heterocycles. The Morgan fingerprint density at radius 2 is 1.00 bits per heavy atom. The van der Waals surface area contributed by atoms with E-state index in [0.717, 1.165) is 19.6 Å². The van der Waals surface area contributed by atoms with Gasteiger partial charge in [-0.3, -0.25) is 0 Å². The number of benzene rings is 2. The first-order valence-corrected chi connectivity index (χ1v) is 7.72. The summed E-state index contributed by atoms with van der Waals surface area (Å²) in [6.45, 7) is 0. The van der Waals surface area contributed by atoms with Crippen LogP contribution < -0.4 is 10.6 Å². The molecule has 1 nitrogen and oxygen atoms in total. The predicted molar refractivity (Wildman–Crippen MR) is 76.6 cm³/mol. The van der Waals surface area contributed by atoms with Gasteiger partial charge in [0.1, 0.15) is 7.80 Å². The summed E-state index contributed by atoms with van der Waals surface area (Å²) in [6.07, 6.45) is 0. The first kappa shape index (κ1) is 12.1. The molecule has 0 aliphatic rings. The van der Waals surface area contributed by atoms with E-state index in [-0.39, 0.29) is 0 Å². The molecule has 4 heteroatoms. The van der Waals surface area contributed by atoms with Crippen molar-refractivity contribution < 1.29 is 4.57 Å². The molecule has 0 aliphatic carbocycles. The molecule has 2 aromatic carbocycles. The van der Waals surface area contributed by atoms with E-state index in [0.29, 0.717) is 0 Å². The van der Waals surface area contributed by atoms with Crippen LogP contribution in [-0.4, -0.2) is 0 Å². The molecule has 0 fully saturated rings. The van der Waals surface area contributed by atoms with E-state index in [1.807, 2.05) is 48.5 Å². The van der Waals surface area contributed by atoms with Gasteiger partial charge in [0.05, 0.1) is 0 Å². The standard InChI is InChI=1S/C12H9Br2OP/c13-9-1-5-11(6-2-9)16(15)12-7-3-10(14)4-8-12/h1-8,16H. The second kappa shape index (κ2) is 5.31. The summed E-state index contributed by atoms with van der Waals surface area (Å²) in [5.74, 6) is 0. The third-order valence-corrected chi connectivity index (χ3v) is 4.99. The zero-order chi connectivity index (χ0) is 11.5.